The molecule has 1 heterocycles. The average molecular weight is 176 g/mol. The first kappa shape index (κ1) is 8.38. The second kappa shape index (κ2) is 2.39. The summed E-state index contributed by atoms with van der Waals surface area (Å²) in [6.45, 7) is 2.53. The van der Waals surface area contributed by atoms with Crippen molar-refractivity contribution in [3.63, 3.8) is 0 Å². The minimum atomic E-state index is -2.41. The lowest BCUT2D eigenvalue weighted by Crippen LogP contribution is -2.69. The Morgan fingerprint density at radius 2 is 2.00 bits per heavy atom. The molecule has 1 aliphatic carbocycles. The van der Waals surface area contributed by atoms with Gasteiger partial charge in [-0.15, -0.1) is 0 Å². The maximum Gasteiger partial charge on any atom is 0.251 e. The quantitative estimate of drug-likeness (QED) is 0.584. The summed E-state index contributed by atoms with van der Waals surface area (Å²) < 4.78 is 25.4. The van der Waals surface area contributed by atoms with Crippen molar-refractivity contribution in [2.75, 3.05) is 26.7 Å². The molecule has 0 radical (unpaired) electrons. The molecule has 70 valence electrons. The highest BCUT2D eigenvalue weighted by atomic mass is 19.3. The van der Waals surface area contributed by atoms with E-state index in [9.17, 15) is 8.78 Å². The first-order valence-corrected chi connectivity index (χ1v) is 4.34. The van der Waals surface area contributed by atoms with Gasteiger partial charge in [-0.05, 0) is 7.05 Å². The van der Waals surface area contributed by atoms with E-state index < -0.39 is 5.92 Å². The maximum absolute atomic E-state index is 12.7. The number of rotatable bonds is 0. The van der Waals surface area contributed by atoms with E-state index in [1.807, 2.05) is 7.05 Å². The van der Waals surface area contributed by atoms with E-state index in [1.54, 1.807) is 0 Å². The largest absolute Gasteiger partial charge is 0.314 e. The van der Waals surface area contributed by atoms with Crippen LogP contribution in [0.15, 0.2) is 0 Å². The molecular weight excluding hydrogens is 162 g/mol. The molecule has 0 unspecified atom stereocenters. The Morgan fingerprint density at radius 3 is 2.50 bits per heavy atom. The number of hydrogen-bond donors (Lipinski definition) is 1. The molecule has 2 rings (SSSR count). The van der Waals surface area contributed by atoms with Gasteiger partial charge in [0.05, 0.1) is 0 Å². The molecule has 0 aromatic rings. The molecule has 2 aliphatic rings. The van der Waals surface area contributed by atoms with Gasteiger partial charge in [-0.3, -0.25) is 4.90 Å². The van der Waals surface area contributed by atoms with Crippen LogP contribution in [0.25, 0.3) is 0 Å². The number of nitrogens with zero attached hydrogens (tertiary/aromatic N) is 1. The SMILES string of the molecule is CN1CCNCC12CC(F)(F)C2. The first-order chi connectivity index (χ1) is 5.54. The smallest absolute Gasteiger partial charge is 0.251 e. The highest BCUT2D eigenvalue weighted by Crippen LogP contribution is 2.48. The summed E-state index contributed by atoms with van der Waals surface area (Å²) in [6, 6.07) is 0. The highest BCUT2D eigenvalue weighted by Gasteiger charge is 2.58. The van der Waals surface area contributed by atoms with Crippen LogP contribution in [0.3, 0.4) is 0 Å². The molecule has 0 atom stereocenters. The van der Waals surface area contributed by atoms with Crippen LogP contribution in [0.1, 0.15) is 12.8 Å². The van der Waals surface area contributed by atoms with Gasteiger partial charge in [0.15, 0.2) is 0 Å². The molecule has 12 heavy (non-hydrogen) atoms. The van der Waals surface area contributed by atoms with Gasteiger partial charge in [0, 0.05) is 38.0 Å². The second-order valence-corrected chi connectivity index (χ2v) is 4.03. The average Bonchev–Trinajstić information content (AvgIpc) is 1.91. The molecular formula is C8H14F2N2. The van der Waals surface area contributed by atoms with Crippen LogP contribution in [-0.2, 0) is 0 Å². The third-order valence-corrected chi connectivity index (χ3v) is 3.06. The van der Waals surface area contributed by atoms with Crippen molar-refractivity contribution in [1.82, 2.24) is 10.2 Å². The number of hydrogen-bond acceptors (Lipinski definition) is 2. The van der Waals surface area contributed by atoms with Crippen LogP contribution >= 0.6 is 0 Å². The fourth-order valence-electron chi connectivity index (χ4n) is 2.25. The minimum Gasteiger partial charge on any atom is -0.314 e. The van der Waals surface area contributed by atoms with Gasteiger partial charge >= 0.3 is 0 Å². The molecule has 1 saturated carbocycles. The van der Waals surface area contributed by atoms with Crippen molar-refractivity contribution in [2.24, 2.45) is 0 Å². The van der Waals surface area contributed by atoms with Gasteiger partial charge < -0.3 is 5.32 Å². The van der Waals surface area contributed by atoms with Crippen LogP contribution < -0.4 is 5.32 Å². The van der Waals surface area contributed by atoms with Crippen molar-refractivity contribution in [2.45, 2.75) is 24.3 Å². The number of halogens is 2. The molecule has 1 aliphatic heterocycles. The predicted molar refractivity (Wildman–Crippen MR) is 42.4 cm³/mol. The fraction of sp³-hybridized carbons (Fsp3) is 1.00. The van der Waals surface area contributed by atoms with Crippen LogP contribution in [0, 0.1) is 0 Å². The minimum absolute atomic E-state index is 0.0312. The molecule has 2 fully saturated rings. The van der Waals surface area contributed by atoms with Gasteiger partial charge in [0.2, 0.25) is 0 Å². The third kappa shape index (κ3) is 1.13. The normalized spacial score (nSPS) is 33.2. The molecule has 1 saturated heterocycles. The summed E-state index contributed by atoms with van der Waals surface area (Å²) in [7, 11) is 1.94. The second-order valence-electron chi connectivity index (χ2n) is 4.03. The molecule has 0 bridgehead atoms. The summed E-state index contributed by atoms with van der Waals surface area (Å²) in [6.07, 6.45) is 0.0625. The van der Waals surface area contributed by atoms with Gasteiger partial charge in [-0.25, -0.2) is 8.78 Å². The van der Waals surface area contributed by atoms with E-state index in [0.29, 0.717) is 0 Å². The van der Waals surface area contributed by atoms with E-state index in [4.69, 9.17) is 0 Å². The lowest BCUT2D eigenvalue weighted by atomic mass is 9.71. The number of likely N-dealkylation sites (N-methyl/N-ethyl adjacent to an activating group) is 1. The first-order valence-electron chi connectivity index (χ1n) is 4.34. The summed E-state index contributed by atoms with van der Waals surface area (Å²) in [5, 5.41) is 3.17. The Bertz CT molecular complexity index is 185. The molecule has 1 spiro atoms. The number of nitrogens with one attached hydrogen (secondary N) is 1. The molecule has 1 N–H and O–H groups in total. The summed E-state index contributed by atoms with van der Waals surface area (Å²) in [5.74, 6) is -2.41. The zero-order valence-electron chi connectivity index (χ0n) is 7.24. The fourth-order valence-corrected chi connectivity index (χ4v) is 2.25. The Labute approximate surface area is 70.9 Å². The van der Waals surface area contributed by atoms with Crippen molar-refractivity contribution in [3.05, 3.63) is 0 Å². The van der Waals surface area contributed by atoms with Crippen LogP contribution in [0.2, 0.25) is 0 Å². The zero-order valence-corrected chi connectivity index (χ0v) is 7.24. The number of alkyl halides is 2. The highest BCUT2D eigenvalue weighted by molar-refractivity contribution is 5.09. The number of piperazine rings is 1. The zero-order chi connectivity index (χ0) is 8.82. The van der Waals surface area contributed by atoms with Crippen molar-refractivity contribution in [3.8, 4) is 0 Å². The van der Waals surface area contributed by atoms with Crippen molar-refractivity contribution in [1.29, 1.82) is 0 Å². The van der Waals surface area contributed by atoms with Gasteiger partial charge in [0.25, 0.3) is 5.92 Å². The monoisotopic (exact) mass is 176 g/mol. The van der Waals surface area contributed by atoms with E-state index >= 15 is 0 Å². The maximum atomic E-state index is 12.7. The Kier molecular flexibility index (Phi) is 1.67. The van der Waals surface area contributed by atoms with Crippen LogP contribution in [-0.4, -0.2) is 43.0 Å². The van der Waals surface area contributed by atoms with E-state index in [-0.39, 0.29) is 18.4 Å². The Morgan fingerprint density at radius 1 is 1.33 bits per heavy atom. The molecule has 4 heteroatoms. The lowest BCUT2D eigenvalue weighted by molar-refractivity contribution is -0.175. The van der Waals surface area contributed by atoms with Crippen LogP contribution in [0.5, 0.6) is 0 Å². The topological polar surface area (TPSA) is 15.3 Å². The van der Waals surface area contributed by atoms with E-state index in [1.165, 1.54) is 0 Å². The summed E-state index contributed by atoms with van der Waals surface area (Å²) >= 11 is 0. The Balaban J connectivity index is 2.03. The summed E-state index contributed by atoms with van der Waals surface area (Å²) in [4.78, 5) is 2.07. The van der Waals surface area contributed by atoms with Crippen LogP contribution in [0.4, 0.5) is 8.78 Å². The molecule has 0 aromatic carbocycles. The molecule has 0 aromatic heterocycles. The van der Waals surface area contributed by atoms with E-state index in [2.05, 4.69) is 10.2 Å². The summed E-state index contributed by atoms with van der Waals surface area (Å²) in [5.41, 5.74) is -0.234. The van der Waals surface area contributed by atoms with Crippen molar-refractivity contribution < 1.29 is 8.78 Å². The van der Waals surface area contributed by atoms with E-state index in [0.717, 1.165) is 19.6 Å². The van der Waals surface area contributed by atoms with Gasteiger partial charge in [-0.2, -0.15) is 0 Å². The van der Waals surface area contributed by atoms with Gasteiger partial charge in [-0.1, -0.05) is 0 Å². The molecule has 0 amide bonds. The predicted octanol–water partition coefficient (Wildman–Crippen LogP) is 0.689. The third-order valence-electron chi connectivity index (χ3n) is 3.06. The Hall–Kier alpha value is -0.220. The molecule has 2 nitrogen and oxygen atoms in total. The van der Waals surface area contributed by atoms with Crippen molar-refractivity contribution >= 4 is 0 Å². The lowest BCUT2D eigenvalue weighted by Gasteiger charge is -2.55. The van der Waals surface area contributed by atoms with Gasteiger partial charge in [0.1, 0.15) is 0 Å². The standard InChI is InChI=1S/C8H14F2N2/c1-12-3-2-11-6-7(12)4-8(9,10)5-7/h11H,2-6H2,1H3.